The molecule has 0 radical (unpaired) electrons. The van der Waals surface area contributed by atoms with Gasteiger partial charge >= 0.3 is 0 Å². The molecule has 1 amide bonds. The maximum atomic E-state index is 12.1. The summed E-state index contributed by atoms with van der Waals surface area (Å²) in [7, 11) is 5.50. The Kier molecular flexibility index (Phi) is 5.87. The van der Waals surface area contributed by atoms with Crippen molar-refractivity contribution in [2.75, 3.05) is 39.6 Å². The Hall–Kier alpha value is -2.67. The first-order valence-corrected chi connectivity index (χ1v) is 7.25. The van der Waals surface area contributed by atoms with Gasteiger partial charge in [0.1, 0.15) is 23.6 Å². The molecule has 2 rings (SSSR count). The maximum Gasteiger partial charge on any atom is 0.270 e. The number of rotatable bonds is 7. The highest BCUT2D eigenvalue weighted by Crippen LogP contribution is 2.25. The average Bonchev–Trinajstić information content (AvgIpc) is 2.55. The fraction of sp³-hybridized carbons (Fsp3) is 0.312. The van der Waals surface area contributed by atoms with Gasteiger partial charge in [-0.2, -0.15) is 0 Å². The van der Waals surface area contributed by atoms with Gasteiger partial charge < -0.3 is 20.3 Å². The van der Waals surface area contributed by atoms with E-state index in [9.17, 15) is 4.79 Å². The van der Waals surface area contributed by atoms with Crippen molar-refractivity contribution in [3.8, 4) is 5.75 Å². The predicted octanol–water partition coefficient (Wildman–Crippen LogP) is 1.52. The first-order chi connectivity index (χ1) is 11.1. The smallest absolute Gasteiger partial charge is 0.270 e. The van der Waals surface area contributed by atoms with E-state index < -0.39 is 0 Å². The molecule has 0 unspecified atom stereocenters. The Balaban J connectivity index is 2.06. The molecule has 0 aliphatic rings. The minimum absolute atomic E-state index is 0.225. The van der Waals surface area contributed by atoms with E-state index in [4.69, 9.17) is 4.74 Å². The molecule has 0 atom stereocenters. The lowest BCUT2D eigenvalue weighted by molar-refractivity contribution is 0.0946. The van der Waals surface area contributed by atoms with Crippen LogP contribution >= 0.6 is 0 Å². The molecule has 0 aliphatic heterocycles. The van der Waals surface area contributed by atoms with Crippen LogP contribution in [0.4, 0.5) is 11.5 Å². The maximum absolute atomic E-state index is 12.1. The molecule has 7 nitrogen and oxygen atoms in total. The molecule has 1 heterocycles. The van der Waals surface area contributed by atoms with E-state index in [1.54, 1.807) is 13.2 Å². The van der Waals surface area contributed by atoms with Crippen molar-refractivity contribution < 1.29 is 9.53 Å². The third-order valence-corrected chi connectivity index (χ3v) is 3.11. The third-order valence-electron chi connectivity index (χ3n) is 3.11. The highest BCUT2D eigenvalue weighted by atomic mass is 16.5. The van der Waals surface area contributed by atoms with Gasteiger partial charge in [-0.15, -0.1) is 0 Å². The van der Waals surface area contributed by atoms with Crippen LogP contribution in [0.2, 0.25) is 0 Å². The highest BCUT2D eigenvalue weighted by molar-refractivity contribution is 5.93. The third kappa shape index (κ3) is 4.93. The number of anilines is 2. The van der Waals surface area contributed by atoms with Crippen LogP contribution in [-0.4, -0.2) is 55.1 Å². The number of aromatic nitrogens is 2. The largest absolute Gasteiger partial charge is 0.495 e. The Morgan fingerprint density at radius 2 is 2.04 bits per heavy atom. The van der Waals surface area contributed by atoms with Crippen molar-refractivity contribution in [3.05, 3.63) is 42.4 Å². The Morgan fingerprint density at radius 3 is 2.78 bits per heavy atom. The van der Waals surface area contributed by atoms with Crippen molar-refractivity contribution in [3.63, 3.8) is 0 Å². The molecular formula is C16H21N5O2. The summed E-state index contributed by atoms with van der Waals surface area (Å²) in [5.41, 5.74) is 1.09. The summed E-state index contributed by atoms with van der Waals surface area (Å²) in [4.78, 5) is 22.2. The first kappa shape index (κ1) is 16.7. The summed E-state index contributed by atoms with van der Waals surface area (Å²) < 4.78 is 5.28. The lowest BCUT2D eigenvalue weighted by Gasteiger charge is -2.12. The van der Waals surface area contributed by atoms with E-state index in [0.29, 0.717) is 23.8 Å². The summed E-state index contributed by atoms with van der Waals surface area (Å²) in [5.74, 6) is 1.00. The van der Waals surface area contributed by atoms with E-state index in [-0.39, 0.29) is 5.91 Å². The summed E-state index contributed by atoms with van der Waals surface area (Å²) in [6, 6.07) is 9.10. The SMILES string of the molecule is COc1ccccc1Nc1cc(C(=O)NCCN(C)C)ncn1. The number of carbonyl (C=O) groups is 1. The molecule has 0 saturated heterocycles. The molecule has 1 aromatic carbocycles. The van der Waals surface area contributed by atoms with E-state index in [1.807, 2.05) is 43.3 Å². The predicted molar refractivity (Wildman–Crippen MR) is 89.2 cm³/mol. The number of nitrogens with zero attached hydrogens (tertiary/aromatic N) is 3. The fourth-order valence-corrected chi connectivity index (χ4v) is 1.92. The number of ether oxygens (including phenoxy) is 1. The molecule has 0 spiro atoms. The number of amides is 1. The summed E-state index contributed by atoms with van der Waals surface area (Å²) in [5, 5.41) is 5.95. The number of benzene rings is 1. The number of hydrogen-bond acceptors (Lipinski definition) is 6. The molecule has 0 bridgehead atoms. The second-order valence-corrected chi connectivity index (χ2v) is 5.17. The van der Waals surface area contributed by atoms with E-state index in [2.05, 4.69) is 20.6 Å². The normalized spacial score (nSPS) is 10.4. The summed E-state index contributed by atoms with van der Waals surface area (Å²) in [6.07, 6.45) is 1.36. The number of carbonyl (C=O) groups excluding carboxylic acids is 1. The van der Waals surface area contributed by atoms with Gasteiger partial charge in [0.15, 0.2) is 0 Å². The van der Waals surface area contributed by atoms with Crippen LogP contribution in [0.25, 0.3) is 0 Å². The van der Waals surface area contributed by atoms with Crippen LogP contribution < -0.4 is 15.4 Å². The zero-order chi connectivity index (χ0) is 16.7. The zero-order valence-electron chi connectivity index (χ0n) is 13.5. The second kappa shape index (κ2) is 8.09. The van der Waals surface area contributed by atoms with Gasteiger partial charge in [0.05, 0.1) is 12.8 Å². The molecule has 2 N–H and O–H groups in total. The lowest BCUT2D eigenvalue weighted by atomic mass is 10.3. The number of methoxy groups -OCH3 is 1. The molecule has 0 fully saturated rings. The molecule has 122 valence electrons. The van der Waals surface area contributed by atoms with Gasteiger partial charge in [-0.25, -0.2) is 9.97 Å². The van der Waals surface area contributed by atoms with Gasteiger partial charge in [0.25, 0.3) is 5.91 Å². The minimum Gasteiger partial charge on any atom is -0.495 e. The second-order valence-electron chi connectivity index (χ2n) is 5.17. The molecule has 0 saturated carbocycles. The van der Waals surface area contributed by atoms with E-state index >= 15 is 0 Å². The van der Waals surface area contributed by atoms with E-state index in [0.717, 1.165) is 12.2 Å². The Bertz CT molecular complexity index is 660. The number of likely N-dealkylation sites (N-methyl/N-ethyl adjacent to an activating group) is 1. The van der Waals surface area contributed by atoms with Crippen LogP contribution in [-0.2, 0) is 0 Å². The zero-order valence-corrected chi connectivity index (χ0v) is 13.5. The lowest BCUT2D eigenvalue weighted by Crippen LogP contribution is -2.31. The van der Waals surface area contributed by atoms with E-state index in [1.165, 1.54) is 6.33 Å². The Labute approximate surface area is 135 Å². The molecular weight excluding hydrogens is 294 g/mol. The topological polar surface area (TPSA) is 79.4 Å². The molecule has 23 heavy (non-hydrogen) atoms. The fourth-order valence-electron chi connectivity index (χ4n) is 1.92. The van der Waals surface area contributed by atoms with Crippen LogP contribution in [0.1, 0.15) is 10.5 Å². The number of para-hydroxylation sites is 2. The molecule has 2 aromatic rings. The van der Waals surface area contributed by atoms with Gasteiger partial charge in [0, 0.05) is 19.2 Å². The minimum atomic E-state index is -0.225. The van der Waals surface area contributed by atoms with Crippen LogP contribution in [0.3, 0.4) is 0 Å². The van der Waals surface area contributed by atoms with Gasteiger partial charge in [-0.3, -0.25) is 4.79 Å². The standard InChI is InChI=1S/C16H21N5O2/c1-21(2)9-8-17-16(22)13-10-15(19-11-18-13)20-12-6-4-5-7-14(12)23-3/h4-7,10-11H,8-9H2,1-3H3,(H,17,22)(H,18,19,20). The van der Waals surface area contributed by atoms with Crippen molar-refractivity contribution >= 4 is 17.4 Å². The number of hydrogen-bond donors (Lipinski definition) is 2. The highest BCUT2D eigenvalue weighted by Gasteiger charge is 2.09. The van der Waals surface area contributed by atoms with Gasteiger partial charge in [-0.1, -0.05) is 12.1 Å². The van der Waals surface area contributed by atoms with Gasteiger partial charge in [-0.05, 0) is 26.2 Å². The van der Waals surface area contributed by atoms with Crippen LogP contribution in [0, 0.1) is 0 Å². The summed E-state index contributed by atoms with van der Waals surface area (Å²) >= 11 is 0. The van der Waals surface area contributed by atoms with Crippen LogP contribution in [0.15, 0.2) is 36.7 Å². The monoisotopic (exact) mass is 315 g/mol. The molecule has 7 heteroatoms. The molecule has 1 aromatic heterocycles. The first-order valence-electron chi connectivity index (χ1n) is 7.25. The van der Waals surface area contributed by atoms with Crippen molar-refractivity contribution in [1.29, 1.82) is 0 Å². The average molecular weight is 315 g/mol. The van der Waals surface area contributed by atoms with Crippen LogP contribution in [0.5, 0.6) is 5.75 Å². The quantitative estimate of drug-likeness (QED) is 0.806. The van der Waals surface area contributed by atoms with Gasteiger partial charge in [0.2, 0.25) is 0 Å². The number of nitrogens with one attached hydrogen (secondary N) is 2. The van der Waals surface area contributed by atoms with Crippen molar-refractivity contribution in [2.45, 2.75) is 0 Å². The molecule has 0 aliphatic carbocycles. The van der Waals surface area contributed by atoms with Crippen molar-refractivity contribution in [1.82, 2.24) is 20.2 Å². The summed E-state index contributed by atoms with van der Waals surface area (Å²) in [6.45, 7) is 1.33. The van der Waals surface area contributed by atoms with Crippen molar-refractivity contribution in [2.24, 2.45) is 0 Å². The Morgan fingerprint density at radius 1 is 1.26 bits per heavy atom.